The third kappa shape index (κ3) is 5.26. The van der Waals surface area contributed by atoms with E-state index in [0.29, 0.717) is 79.4 Å². The van der Waals surface area contributed by atoms with Gasteiger partial charge in [-0.05, 0) is 58.4 Å². The molecule has 3 aromatic rings. The quantitative estimate of drug-likeness (QED) is 0.366. The number of sulfonamides is 1. The zero-order valence-electron chi connectivity index (χ0n) is 24.5. The SMILES string of the molecule is CC(=O)OC1[C@H](C)OCC12CCN(c1cc(S(=O)(=O)NC3(C)CC3)cn3c(-c4nnc(C(F)(F)F)s4)c(C4CC4)nc13)CC2. The van der Waals surface area contributed by atoms with Crippen LogP contribution in [0.1, 0.15) is 75.9 Å². The minimum atomic E-state index is -4.66. The molecule has 5 heterocycles. The number of fused-ring (bicyclic) bond motifs is 1. The van der Waals surface area contributed by atoms with Gasteiger partial charge in [-0.25, -0.2) is 18.1 Å². The molecule has 0 amide bonds. The molecule has 7 rings (SSSR count). The number of aromatic nitrogens is 4. The van der Waals surface area contributed by atoms with Crippen LogP contribution in [0.2, 0.25) is 0 Å². The summed E-state index contributed by atoms with van der Waals surface area (Å²) in [5, 5.41) is 6.25. The molecular formula is C28H33F3N6O5S2. The van der Waals surface area contributed by atoms with Crippen molar-refractivity contribution in [3.63, 3.8) is 0 Å². The van der Waals surface area contributed by atoms with Crippen LogP contribution in [0.15, 0.2) is 17.2 Å². The first-order chi connectivity index (χ1) is 20.7. The number of ether oxygens (including phenoxy) is 2. The molecule has 2 aliphatic carbocycles. The van der Waals surface area contributed by atoms with E-state index < -0.39 is 32.9 Å². The fourth-order valence-corrected chi connectivity index (χ4v) is 8.69. The standard InChI is InChI=1S/C28H33F3N6O5S2/c1-15-22(42-16(2)38)27(14-41-15)8-10-36(11-9-27)19-12-18(44(39,40)35-26(3)6-7-26)13-37-21(20(17-4-5-17)32-23(19)37)24-33-34-25(43-24)28(29,30)31/h12-13,15,17,22,35H,4-11,14H2,1-3H3/t15-,22?/m0/s1. The van der Waals surface area contributed by atoms with E-state index in [1.165, 1.54) is 13.1 Å². The molecule has 4 aliphatic rings. The number of esters is 1. The summed E-state index contributed by atoms with van der Waals surface area (Å²) < 4.78 is 83.9. The van der Waals surface area contributed by atoms with Crippen LogP contribution >= 0.6 is 11.3 Å². The number of hydrogen-bond acceptors (Lipinski definition) is 10. The molecule has 1 spiro atoms. The van der Waals surface area contributed by atoms with Crippen LogP contribution in [0.3, 0.4) is 0 Å². The first-order valence-electron chi connectivity index (χ1n) is 14.7. The Bertz CT molecular complexity index is 1740. The topological polar surface area (TPSA) is 128 Å². The Morgan fingerprint density at radius 1 is 1.18 bits per heavy atom. The number of nitrogens with zero attached hydrogens (tertiary/aromatic N) is 5. The highest BCUT2D eigenvalue weighted by Crippen LogP contribution is 2.49. The average molecular weight is 655 g/mol. The predicted molar refractivity (Wildman–Crippen MR) is 154 cm³/mol. The van der Waals surface area contributed by atoms with Crippen molar-refractivity contribution in [1.82, 2.24) is 24.3 Å². The van der Waals surface area contributed by atoms with E-state index in [1.54, 1.807) is 10.5 Å². The number of nitrogens with one attached hydrogen (secondary N) is 1. The molecule has 1 unspecified atom stereocenters. The Labute approximate surface area is 256 Å². The highest BCUT2D eigenvalue weighted by Gasteiger charge is 2.52. The van der Waals surface area contributed by atoms with Gasteiger partial charge in [0.1, 0.15) is 16.7 Å². The molecule has 2 aliphatic heterocycles. The zero-order valence-corrected chi connectivity index (χ0v) is 26.1. The highest BCUT2D eigenvalue weighted by molar-refractivity contribution is 7.89. The summed E-state index contributed by atoms with van der Waals surface area (Å²) in [5.74, 6) is -0.334. The van der Waals surface area contributed by atoms with Gasteiger partial charge in [0, 0.05) is 43.1 Å². The maximum atomic E-state index is 13.7. The number of imidazole rings is 1. The van der Waals surface area contributed by atoms with Crippen molar-refractivity contribution < 1.29 is 35.9 Å². The highest BCUT2D eigenvalue weighted by atomic mass is 32.2. The Balaban J connectivity index is 1.33. The summed E-state index contributed by atoms with van der Waals surface area (Å²) in [6.45, 7) is 6.58. The summed E-state index contributed by atoms with van der Waals surface area (Å²) in [4.78, 5) is 18.9. The van der Waals surface area contributed by atoms with Crippen LogP contribution in [0.25, 0.3) is 16.3 Å². The molecule has 1 N–H and O–H groups in total. The maximum Gasteiger partial charge on any atom is 0.445 e. The normalized spacial score (nSPS) is 24.7. The average Bonchev–Trinajstić information content (AvgIpc) is 3.79. The summed E-state index contributed by atoms with van der Waals surface area (Å²) >= 11 is 0.422. The molecule has 2 saturated heterocycles. The van der Waals surface area contributed by atoms with Gasteiger partial charge in [-0.15, -0.1) is 10.2 Å². The molecule has 3 aromatic heterocycles. The van der Waals surface area contributed by atoms with Crippen molar-refractivity contribution in [2.24, 2.45) is 5.41 Å². The first-order valence-corrected chi connectivity index (χ1v) is 17.0. The molecule has 2 saturated carbocycles. The second-order valence-electron chi connectivity index (χ2n) is 12.8. The number of anilines is 1. The fourth-order valence-electron chi connectivity index (χ4n) is 6.45. The van der Waals surface area contributed by atoms with Crippen molar-refractivity contribution in [2.45, 2.75) is 94.0 Å². The molecule has 44 heavy (non-hydrogen) atoms. The molecule has 0 radical (unpaired) electrons. The number of hydrogen-bond donors (Lipinski definition) is 1. The van der Waals surface area contributed by atoms with E-state index in [0.717, 1.165) is 12.8 Å². The van der Waals surface area contributed by atoms with E-state index in [-0.39, 0.29) is 33.3 Å². The van der Waals surface area contributed by atoms with Crippen LogP contribution < -0.4 is 9.62 Å². The lowest BCUT2D eigenvalue weighted by Crippen LogP contribution is -2.48. The number of pyridine rings is 1. The van der Waals surface area contributed by atoms with Gasteiger partial charge in [-0.3, -0.25) is 9.20 Å². The van der Waals surface area contributed by atoms with Gasteiger partial charge in [-0.1, -0.05) is 11.3 Å². The summed E-state index contributed by atoms with van der Waals surface area (Å²) in [6.07, 6.45) is 0.473. The fraction of sp³-hybridized carbons (Fsp3) is 0.643. The van der Waals surface area contributed by atoms with E-state index in [1.807, 2.05) is 13.8 Å². The van der Waals surface area contributed by atoms with Gasteiger partial charge in [-0.2, -0.15) is 13.2 Å². The zero-order chi connectivity index (χ0) is 31.2. The summed E-state index contributed by atoms with van der Waals surface area (Å²) in [5.41, 5.74) is 1.04. The van der Waals surface area contributed by atoms with Gasteiger partial charge >= 0.3 is 12.1 Å². The molecule has 16 heteroatoms. The molecule has 238 valence electrons. The van der Waals surface area contributed by atoms with Gasteiger partial charge in [0.2, 0.25) is 15.0 Å². The minimum Gasteiger partial charge on any atom is -0.459 e. The molecule has 4 fully saturated rings. The second-order valence-corrected chi connectivity index (χ2v) is 15.5. The Morgan fingerprint density at radius 2 is 1.89 bits per heavy atom. The van der Waals surface area contributed by atoms with E-state index >= 15 is 0 Å². The lowest BCUT2D eigenvalue weighted by molar-refractivity contribution is -0.154. The number of carbonyl (C=O) groups excluding carboxylic acids is 1. The van der Waals surface area contributed by atoms with Crippen LogP contribution in [0.5, 0.6) is 0 Å². The van der Waals surface area contributed by atoms with Gasteiger partial charge in [0.25, 0.3) is 0 Å². The van der Waals surface area contributed by atoms with E-state index in [2.05, 4.69) is 19.8 Å². The van der Waals surface area contributed by atoms with Crippen LogP contribution in [-0.2, 0) is 30.5 Å². The minimum absolute atomic E-state index is 0.00872. The number of rotatable bonds is 7. The Kier molecular flexibility index (Phi) is 6.85. The largest absolute Gasteiger partial charge is 0.459 e. The van der Waals surface area contributed by atoms with Crippen LogP contribution in [0.4, 0.5) is 18.9 Å². The van der Waals surface area contributed by atoms with Crippen molar-refractivity contribution in [2.75, 3.05) is 24.6 Å². The molecule has 11 nitrogen and oxygen atoms in total. The molecule has 2 atom stereocenters. The number of piperidine rings is 1. The van der Waals surface area contributed by atoms with Crippen LogP contribution in [-0.4, -0.2) is 71.4 Å². The lowest BCUT2D eigenvalue weighted by atomic mass is 9.74. The number of carbonyl (C=O) groups is 1. The van der Waals surface area contributed by atoms with Crippen molar-refractivity contribution in [3.8, 4) is 10.7 Å². The smallest absolute Gasteiger partial charge is 0.445 e. The summed E-state index contributed by atoms with van der Waals surface area (Å²) in [6, 6.07) is 1.60. The molecular weight excluding hydrogens is 621 g/mol. The maximum absolute atomic E-state index is 13.7. The van der Waals surface area contributed by atoms with Gasteiger partial charge in [0.05, 0.1) is 24.1 Å². The van der Waals surface area contributed by atoms with E-state index in [9.17, 15) is 26.4 Å². The third-order valence-electron chi connectivity index (χ3n) is 9.28. The van der Waals surface area contributed by atoms with Crippen molar-refractivity contribution >= 4 is 38.7 Å². The Morgan fingerprint density at radius 3 is 2.48 bits per heavy atom. The van der Waals surface area contributed by atoms with Gasteiger partial charge < -0.3 is 14.4 Å². The predicted octanol–water partition coefficient (Wildman–Crippen LogP) is 4.52. The number of halogens is 3. The molecule has 0 bridgehead atoms. The van der Waals surface area contributed by atoms with Crippen molar-refractivity contribution in [3.05, 3.63) is 23.0 Å². The molecule has 0 aromatic carbocycles. The van der Waals surface area contributed by atoms with Gasteiger partial charge in [0.15, 0.2) is 10.7 Å². The Hall–Kier alpha value is -2.82. The second kappa shape index (κ2) is 10.1. The third-order valence-corrected chi connectivity index (χ3v) is 11.9. The van der Waals surface area contributed by atoms with Crippen molar-refractivity contribution in [1.29, 1.82) is 0 Å². The van der Waals surface area contributed by atoms with E-state index in [4.69, 9.17) is 14.5 Å². The lowest BCUT2D eigenvalue weighted by Gasteiger charge is -2.42. The first kappa shape index (κ1) is 29.9. The monoisotopic (exact) mass is 654 g/mol. The number of alkyl halides is 3. The van der Waals surface area contributed by atoms with Crippen LogP contribution in [0, 0.1) is 5.41 Å². The summed E-state index contributed by atoms with van der Waals surface area (Å²) in [7, 11) is -3.99.